The SMILES string of the molecule is CC1(C)c2[c-]c(ccc2)Oc2[c-]c(ccc2)CN2[C]3=[Pt]=[C]4N(CN3c3ccccc32)c2ccccc2N41. The van der Waals surface area contributed by atoms with E-state index in [0.717, 1.165) is 30.1 Å². The molecule has 8 rings (SSSR count). The summed E-state index contributed by atoms with van der Waals surface area (Å²) in [5.74, 6) is 1.44. The van der Waals surface area contributed by atoms with E-state index >= 15 is 0 Å². The Balaban J connectivity index is 1.44. The van der Waals surface area contributed by atoms with Crippen LogP contribution >= 0.6 is 0 Å². The Labute approximate surface area is 224 Å². The van der Waals surface area contributed by atoms with Gasteiger partial charge in [0.2, 0.25) is 0 Å². The van der Waals surface area contributed by atoms with Gasteiger partial charge in [0.15, 0.2) is 0 Å². The minimum absolute atomic E-state index is 0.325. The number of anilines is 4. The number of nitrogens with zero attached hydrogens (tertiary/aromatic N) is 4. The third-order valence-corrected chi connectivity index (χ3v) is 10.8. The molecule has 0 amide bonds. The van der Waals surface area contributed by atoms with Crippen molar-refractivity contribution in [3.8, 4) is 11.5 Å². The standard InChI is InChI=1S/C31H24N4O.Pt/c1-31(2)24-10-8-12-26(18-24)36-25-11-7-9-23(17-25)19-32-20-33(28-14-4-3-13-27(28)32)21-34-22-35(31)30-16-6-5-15-29(30)34;/h3-16H,19,21H2,1-2H3;/q-2;. The molecule has 0 unspecified atom stereocenters. The van der Waals surface area contributed by atoms with Gasteiger partial charge in [-0.25, -0.2) is 0 Å². The zero-order valence-electron chi connectivity index (χ0n) is 20.5. The van der Waals surface area contributed by atoms with Crippen LogP contribution < -0.4 is 24.3 Å². The molecule has 4 aliphatic rings. The van der Waals surface area contributed by atoms with E-state index in [1.165, 1.54) is 31.0 Å². The number of para-hydroxylation sites is 4. The van der Waals surface area contributed by atoms with Gasteiger partial charge < -0.3 is 0 Å². The van der Waals surface area contributed by atoms with E-state index in [4.69, 9.17) is 4.74 Å². The minimum atomic E-state index is -0.535. The van der Waals surface area contributed by atoms with Gasteiger partial charge in [0, 0.05) is 0 Å². The number of hydrogen-bond donors (Lipinski definition) is 0. The topological polar surface area (TPSA) is 22.2 Å². The Morgan fingerprint density at radius 3 is 2.08 bits per heavy atom. The van der Waals surface area contributed by atoms with Gasteiger partial charge in [0.25, 0.3) is 0 Å². The van der Waals surface area contributed by atoms with E-state index < -0.39 is 17.6 Å². The Morgan fingerprint density at radius 1 is 0.676 bits per heavy atom. The van der Waals surface area contributed by atoms with Crippen LogP contribution in [0.3, 0.4) is 0 Å². The van der Waals surface area contributed by atoms with Gasteiger partial charge in [-0.3, -0.25) is 0 Å². The van der Waals surface area contributed by atoms with Crippen molar-refractivity contribution in [2.75, 3.05) is 26.3 Å². The van der Waals surface area contributed by atoms with E-state index in [1.54, 1.807) is 0 Å². The first-order valence-corrected chi connectivity index (χ1v) is 14.7. The normalized spacial score (nSPS) is 18.5. The van der Waals surface area contributed by atoms with E-state index in [0.29, 0.717) is 5.75 Å². The third-order valence-electron chi connectivity index (χ3n) is 7.45. The Morgan fingerprint density at radius 2 is 1.30 bits per heavy atom. The maximum atomic E-state index is 6.31. The second-order valence-electron chi connectivity index (χ2n) is 10.1. The van der Waals surface area contributed by atoms with Crippen LogP contribution in [0.1, 0.15) is 25.0 Å². The predicted molar refractivity (Wildman–Crippen MR) is 145 cm³/mol. The van der Waals surface area contributed by atoms with Crippen LogP contribution in [0.2, 0.25) is 0 Å². The summed E-state index contributed by atoms with van der Waals surface area (Å²) in [7, 11) is 0. The van der Waals surface area contributed by atoms with Crippen LogP contribution in [-0.4, -0.2) is 15.0 Å². The molecule has 0 saturated carbocycles. The van der Waals surface area contributed by atoms with E-state index in [-0.39, 0.29) is 5.54 Å². The van der Waals surface area contributed by atoms with Crippen molar-refractivity contribution in [1.29, 1.82) is 0 Å². The first kappa shape index (κ1) is 21.4. The summed E-state index contributed by atoms with van der Waals surface area (Å²) in [6.07, 6.45) is 0. The Bertz CT molecular complexity index is 1670. The van der Waals surface area contributed by atoms with Crippen molar-refractivity contribution in [2.24, 2.45) is 0 Å². The average molecular weight is 664 g/mol. The fourth-order valence-corrected chi connectivity index (χ4v) is 9.50. The van der Waals surface area contributed by atoms with Crippen molar-refractivity contribution < 1.29 is 22.4 Å². The number of hydrogen-bond acceptors (Lipinski definition) is 5. The maximum absolute atomic E-state index is 6.31. The van der Waals surface area contributed by atoms with Crippen molar-refractivity contribution in [3.05, 3.63) is 108 Å². The summed E-state index contributed by atoms with van der Waals surface area (Å²) in [4.78, 5) is 10.1. The molecule has 5 nitrogen and oxygen atoms in total. The second-order valence-corrected chi connectivity index (χ2v) is 12.7. The van der Waals surface area contributed by atoms with Crippen LogP contribution in [0.25, 0.3) is 0 Å². The van der Waals surface area contributed by atoms with Gasteiger partial charge in [-0.2, -0.15) is 0 Å². The summed E-state index contributed by atoms with van der Waals surface area (Å²) in [6.45, 7) is 6.17. The van der Waals surface area contributed by atoms with E-state index in [9.17, 15) is 0 Å². The van der Waals surface area contributed by atoms with Crippen molar-refractivity contribution in [2.45, 2.75) is 25.9 Å². The third kappa shape index (κ3) is 3.07. The van der Waals surface area contributed by atoms with Crippen molar-refractivity contribution >= 4 is 31.0 Å². The Hall–Kier alpha value is -3.69. The van der Waals surface area contributed by atoms with E-state index in [2.05, 4.69) is 118 Å². The predicted octanol–water partition coefficient (Wildman–Crippen LogP) is 5.71. The number of rotatable bonds is 0. The molecular weight excluding hydrogens is 639 g/mol. The molecule has 0 aromatic heterocycles. The molecule has 186 valence electrons. The molecular formula is C31H24N4OPt-2. The fourth-order valence-electron chi connectivity index (χ4n) is 5.64. The molecule has 0 spiro atoms. The average Bonchev–Trinajstić information content (AvgIpc) is 3.40. The summed E-state index contributed by atoms with van der Waals surface area (Å²) in [6, 6.07) is 37.2. The van der Waals surface area contributed by atoms with Gasteiger partial charge in [0.1, 0.15) is 0 Å². The zero-order chi connectivity index (χ0) is 24.7. The molecule has 0 atom stereocenters. The molecule has 6 heteroatoms. The first-order valence-electron chi connectivity index (χ1n) is 12.4. The fraction of sp³-hybridized carbons (Fsp3) is 0.161. The van der Waals surface area contributed by atoms with Gasteiger partial charge in [-0.15, -0.1) is 0 Å². The van der Waals surface area contributed by atoms with Gasteiger partial charge >= 0.3 is 225 Å². The molecule has 0 saturated heterocycles. The summed E-state index contributed by atoms with van der Waals surface area (Å²) < 4.78 is 9.13. The van der Waals surface area contributed by atoms with Crippen LogP contribution in [0.15, 0.2) is 84.9 Å². The second kappa shape index (κ2) is 7.66. The molecule has 6 bridgehead atoms. The molecule has 0 N–H and O–H groups in total. The van der Waals surface area contributed by atoms with Crippen LogP contribution in [0.5, 0.6) is 11.5 Å². The zero-order valence-corrected chi connectivity index (χ0v) is 22.8. The van der Waals surface area contributed by atoms with Gasteiger partial charge in [-0.05, 0) is 0 Å². The van der Waals surface area contributed by atoms with Crippen LogP contribution in [0, 0.1) is 12.1 Å². The van der Waals surface area contributed by atoms with Crippen molar-refractivity contribution in [1.82, 2.24) is 0 Å². The molecule has 37 heavy (non-hydrogen) atoms. The molecule has 0 fully saturated rings. The molecule has 4 aliphatic heterocycles. The molecule has 0 radical (unpaired) electrons. The molecule has 4 aromatic carbocycles. The number of benzene rings is 4. The van der Waals surface area contributed by atoms with Crippen LogP contribution in [-0.2, 0) is 29.7 Å². The summed E-state index contributed by atoms with van der Waals surface area (Å²) in [5, 5.41) is 0. The molecule has 4 aromatic rings. The van der Waals surface area contributed by atoms with Gasteiger partial charge in [-0.1, -0.05) is 0 Å². The Kier molecular flexibility index (Phi) is 4.43. The molecule has 4 heterocycles. The quantitative estimate of drug-likeness (QED) is 0.225. The number of fused-ring (bicyclic) bond motifs is 10. The van der Waals surface area contributed by atoms with E-state index in [1.807, 2.05) is 12.1 Å². The molecule has 0 aliphatic carbocycles. The summed E-state index contributed by atoms with van der Waals surface area (Å²) in [5.41, 5.74) is 6.97. The first-order chi connectivity index (χ1) is 18.1. The monoisotopic (exact) mass is 663 g/mol. The number of ether oxygens (including phenoxy) is 1. The van der Waals surface area contributed by atoms with Gasteiger partial charge in [0.05, 0.1) is 0 Å². The van der Waals surface area contributed by atoms with Crippen LogP contribution in [0.4, 0.5) is 22.7 Å². The summed E-state index contributed by atoms with van der Waals surface area (Å²) >= 11 is -0.535. The van der Waals surface area contributed by atoms with Crippen molar-refractivity contribution in [3.63, 3.8) is 0 Å².